The van der Waals surface area contributed by atoms with Gasteiger partial charge in [0.15, 0.2) is 0 Å². The van der Waals surface area contributed by atoms with Crippen LogP contribution in [0.2, 0.25) is 0 Å². The third-order valence-corrected chi connectivity index (χ3v) is 7.54. The normalized spacial score (nSPS) is 15.5. The lowest BCUT2D eigenvalue weighted by Crippen LogP contribution is -2.48. The lowest BCUT2D eigenvalue weighted by atomic mass is 9.94. The summed E-state index contributed by atoms with van der Waals surface area (Å²) in [7, 11) is 1.61. The Balaban J connectivity index is 1.59. The Labute approximate surface area is 229 Å². The van der Waals surface area contributed by atoms with E-state index in [1.807, 2.05) is 79.7 Å². The minimum Gasteiger partial charge on any atom is -0.497 e. The van der Waals surface area contributed by atoms with Gasteiger partial charge in [-0.05, 0) is 68.7 Å². The SMILES string of the molecule is COc1ccc([C@@H](C(=O)NC2CCCCC2)N(C(=O)[C@H](C)n2nnc3ccccc32)c2ccc(C)cc2)cc1. The van der Waals surface area contributed by atoms with Gasteiger partial charge in [-0.25, -0.2) is 4.68 Å². The fourth-order valence-electron chi connectivity index (χ4n) is 5.32. The summed E-state index contributed by atoms with van der Waals surface area (Å²) < 4.78 is 6.99. The van der Waals surface area contributed by atoms with Crippen LogP contribution in [0.5, 0.6) is 5.75 Å². The molecule has 1 aromatic heterocycles. The molecule has 2 atom stereocenters. The summed E-state index contributed by atoms with van der Waals surface area (Å²) in [6, 6.07) is 21.1. The lowest BCUT2D eigenvalue weighted by molar-refractivity contribution is -0.128. The number of para-hydroxylation sites is 1. The Bertz CT molecular complexity index is 1420. The van der Waals surface area contributed by atoms with Crippen LogP contribution in [0.3, 0.4) is 0 Å². The quantitative estimate of drug-likeness (QED) is 0.327. The number of ether oxygens (including phenoxy) is 1. The number of amides is 2. The Kier molecular flexibility index (Phi) is 7.91. The van der Waals surface area contributed by atoms with E-state index in [2.05, 4.69) is 15.6 Å². The topological polar surface area (TPSA) is 89.4 Å². The van der Waals surface area contributed by atoms with Gasteiger partial charge in [-0.2, -0.15) is 0 Å². The summed E-state index contributed by atoms with van der Waals surface area (Å²) in [4.78, 5) is 30.2. The smallest absolute Gasteiger partial charge is 0.252 e. The van der Waals surface area contributed by atoms with E-state index in [0.29, 0.717) is 22.5 Å². The van der Waals surface area contributed by atoms with Crippen molar-refractivity contribution in [2.45, 2.75) is 64.1 Å². The van der Waals surface area contributed by atoms with Crippen LogP contribution in [0.15, 0.2) is 72.8 Å². The van der Waals surface area contributed by atoms with Crippen molar-refractivity contribution in [2.24, 2.45) is 0 Å². The predicted molar refractivity (Wildman–Crippen MR) is 152 cm³/mol. The average molecular weight is 526 g/mol. The van der Waals surface area contributed by atoms with Gasteiger partial charge in [-0.1, -0.05) is 66.4 Å². The van der Waals surface area contributed by atoms with Crippen molar-refractivity contribution < 1.29 is 14.3 Å². The minimum absolute atomic E-state index is 0.0960. The summed E-state index contributed by atoms with van der Waals surface area (Å²) in [6.07, 6.45) is 5.26. The number of carbonyl (C=O) groups is 2. The molecule has 1 aliphatic carbocycles. The van der Waals surface area contributed by atoms with Crippen LogP contribution in [-0.4, -0.2) is 40.0 Å². The van der Waals surface area contributed by atoms with Crippen LogP contribution >= 0.6 is 0 Å². The predicted octanol–water partition coefficient (Wildman–Crippen LogP) is 5.53. The van der Waals surface area contributed by atoms with E-state index in [-0.39, 0.29) is 17.9 Å². The van der Waals surface area contributed by atoms with E-state index >= 15 is 0 Å². The molecule has 1 aliphatic rings. The van der Waals surface area contributed by atoms with E-state index < -0.39 is 12.1 Å². The molecule has 5 rings (SSSR count). The fraction of sp³-hybridized carbons (Fsp3) is 0.355. The van der Waals surface area contributed by atoms with E-state index in [4.69, 9.17) is 4.74 Å². The molecule has 0 bridgehead atoms. The molecule has 0 spiro atoms. The van der Waals surface area contributed by atoms with Gasteiger partial charge in [0.05, 0.1) is 12.6 Å². The summed E-state index contributed by atoms with van der Waals surface area (Å²) >= 11 is 0. The van der Waals surface area contributed by atoms with Crippen LogP contribution in [-0.2, 0) is 9.59 Å². The maximum atomic E-state index is 14.4. The van der Waals surface area contributed by atoms with E-state index in [1.165, 1.54) is 6.42 Å². The first-order chi connectivity index (χ1) is 19.0. The molecule has 1 saturated carbocycles. The Morgan fingerprint density at radius 1 is 0.974 bits per heavy atom. The molecule has 3 aromatic carbocycles. The molecule has 0 radical (unpaired) electrons. The van der Waals surface area contributed by atoms with Crippen LogP contribution < -0.4 is 15.0 Å². The van der Waals surface area contributed by atoms with Gasteiger partial charge in [-0.3, -0.25) is 14.5 Å². The number of rotatable bonds is 8. The maximum absolute atomic E-state index is 14.4. The summed E-state index contributed by atoms with van der Waals surface area (Å²) in [5, 5.41) is 11.8. The first-order valence-electron chi connectivity index (χ1n) is 13.6. The molecule has 4 aromatic rings. The van der Waals surface area contributed by atoms with Gasteiger partial charge in [0.1, 0.15) is 23.3 Å². The van der Waals surface area contributed by atoms with Crippen molar-refractivity contribution in [2.75, 3.05) is 12.0 Å². The molecule has 1 heterocycles. The number of methoxy groups -OCH3 is 1. The first kappa shape index (κ1) is 26.4. The summed E-state index contributed by atoms with van der Waals surface area (Å²) in [6.45, 7) is 3.80. The highest BCUT2D eigenvalue weighted by atomic mass is 16.5. The standard InChI is InChI=1S/C31H35N5O3/c1-21-13-17-25(18-14-21)35(31(38)22(2)36-28-12-8-7-11-27(28)33-34-36)29(23-15-19-26(39-3)20-16-23)30(37)32-24-9-5-4-6-10-24/h7-8,11-20,22,24,29H,4-6,9-10H2,1-3H3,(H,32,37)/t22-,29-/m0/s1. The molecule has 1 fully saturated rings. The molecule has 0 aliphatic heterocycles. The van der Waals surface area contributed by atoms with Crippen molar-refractivity contribution in [1.29, 1.82) is 0 Å². The highest BCUT2D eigenvalue weighted by Crippen LogP contribution is 2.33. The third-order valence-electron chi connectivity index (χ3n) is 7.54. The van der Waals surface area contributed by atoms with Gasteiger partial charge in [0, 0.05) is 11.7 Å². The highest BCUT2D eigenvalue weighted by molar-refractivity contribution is 6.03. The number of carbonyl (C=O) groups excluding carboxylic acids is 2. The minimum atomic E-state index is -0.884. The van der Waals surface area contributed by atoms with E-state index in [9.17, 15) is 9.59 Å². The largest absolute Gasteiger partial charge is 0.497 e. The second kappa shape index (κ2) is 11.7. The number of benzene rings is 3. The average Bonchev–Trinajstić information content (AvgIpc) is 3.40. The Hall–Kier alpha value is -4.20. The van der Waals surface area contributed by atoms with Crippen LogP contribution in [0, 0.1) is 6.92 Å². The Morgan fingerprint density at radius 3 is 2.36 bits per heavy atom. The molecular weight excluding hydrogens is 490 g/mol. The highest BCUT2D eigenvalue weighted by Gasteiger charge is 2.37. The molecule has 39 heavy (non-hydrogen) atoms. The van der Waals surface area contributed by atoms with E-state index in [1.54, 1.807) is 23.6 Å². The molecular formula is C31H35N5O3. The number of nitrogens with one attached hydrogen (secondary N) is 1. The summed E-state index contributed by atoms with van der Waals surface area (Å²) in [5.41, 5.74) is 3.87. The zero-order valence-corrected chi connectivity index (χ0v) is 22.7. The first-order valence-corrected chi connectivity index (χ1v) is 13.6. The molecule has 8 nitrogen and oxygen atoms in total. The van der Waals surface area contributed by atoms with Crippen molar-refractivity contribution in [1.82, 2.24) is 20.3 Å². The van der Waals surface area contributed by atoms with Crippen LogP contribution in [0.1, 0.15) is 62.2 Å². The van der Waals surface area contributed by atoms with Gasteiger partial charge in [-0.15, -0.1) is 5.10 Å². The molecule has 8 heteroatoms. The lowest BCUT2D eigenvalue weighted by Gasteiger charge is -2.35. The van der Waals surface area contributed by atoms with Gasteiger partial charge in [0.25, 0.3) is 5.91 Å². The number of aryl methyl sites for hydroxylation is 1. The van der Waals surface area contributed by atoms with Crippen molar-refractivity contribution in [3.05, 3.63) is 83.9 Å². The second-order valence-corrected chi connectivity index (χ2v) is 10.3. The monoisotopic (exact) mass is 525 g/mol. The van der Waals surface area contributed by atoms with Crippen LogP contribution in [0.25, 0.3) is 11.0 Å². The number of hydrogen-bond acceptors (Lipinski definition) is 5. The van der Waals surface area contributed by atoms with E-state index in [0.717, 1.165) is 36.8 Å². The number of fused-ring (bicyclic) bond motifs is 1. The molecule has 0 unspecified atom stereocenters. The van der Waals surface area contributed by atoms with Crippen molar-refractivity contribution >= 4 is 28.5 Å². The zero-order chi connectivity index (χ0) is 27.4. The number of nitrogens with zero attached hydrogens (tertiary/aromatic N) is 4. The molecule has 1 N–H and O–H groups in total. The zero-order valence-electron chi connectivity index (χ0n) is 22.7. The summed E-state index contributed by atoms with van der Waals surface area (Å²) in [5.74, 6) is 0.228. The van der Waals surface area contributed by atoms with Crippen molar-refractivity contribution in [3.8, 4) is 5.75 Å². The van der Waals surface area contributed by atoms with Gasteiger partial charge >= 0.3 is 0 Å². The molecule has 202 valence electrons. The number of aromatic nitrogens is 3. The maximum Gasteiger partial charge on any atom is 0.252 e. The molecule has 2 amide bonds. The van der Waals surface area contributed by atoms with Gasteiger partial charge < -0.3 is 10.1 Å². The fourth-order valence-corrected chi connectivity index (χ4v) is 5.32. The number of anilines is 1. The Morgan fingerprint density at radius 2 is 1.67 bits per heavy atom. The number of hydrogen-bond donors (Lipinski definition) is 1. The molecule has 0 saturated heterocycles. The van der Waals surface area contributed by atoms with Crippen molar-refractivity contribution in [3.63, 3.8) is 0 Å². The third kappa shape index (κ3) is 5.65. The van der Waals surface area contributed by atoms with Crippen LogP contribution in [0.4, 0.5) is 5.69 Å². The second-order valence-electron chi connectivity index (χ2n) is 10.3. The van der Waals surface area contributed by atoms with Gasteiger partial charge in [0.2, 0.25) is 5.91 Å².